The predicted octanol–water partition coefficient (Wildman–Crippen LogP) is 2.74. The Morgan fingerprint density at radius 3 is 2.78 bits per heavy atom. The molecule has 2 aromatic carbocycles. The van der Waals surface area contributed by atoms with Crippen LogP contribution < -0.4 is 10.2 Å². The maximum Gasteiger partial charge on any atom is 0.237 e. The zero-order chi connectivity index (χ0) is 15.8. The second-order valence-corrected chi connectivity index (χ2v) is 6.10. The van der Waals surface area contributed by atoms with E-state index < -0.39 is 0 Å². The first-order valence-corrected chi connectivity index (χ1v) is 7.98. The third-order valence-corrected chi connectivity index (χ3v) is 4.82. The predicted molar refractivity (Wildman–Crippen MR) is 89.8 cm³/mol. The summed E-state index contributed by atoms with van der Waals surface area (Å²) in [6.45, 7) is 0.586. The van der Waals surface area contributed by atoms with Crippen LogP contribution in [-0.2, 0) is 16.0 Å². The lowest BCUT2D eigenvalue weighted by molar-refractivity contribution is -0.122. The highest BCUT2D eigenvalue weighted by atomic mass is 16.2. The van der Waals surface area contributed by atoms with Crippen molar-refractivity contribution in [3.05, 3.63) is 59.7 Å². The first kappa shape index (κ1) is 14.0. The first-order valence-electron chi connectivity index (χ1n) is 7.98. The normalized spacial score (nSPS) is 22.0. The Balaban J connectivity index is 1.74. The quantitative estimate of drug-likeness (QED) is 0.868. The van der Waals surface area contributed by atoms with Crippen LogP contribution in [0.1, 0.15) is 23.5 Å². The van der Waals surface area contributed by atoms with E-state index in [4.69, 9.17) is 0 Å². The number of aldehydes is 1. The summed E-state index contributed by atoms with van der Waals surface area (Å²) in [4.78, 5) is 26.5. The molecule has 0 aromatic heterocycles. The van der Waals surface area contributed by atoms with E-state index in [1.165, 1.54) is 0 Å². The molecule has 1 amide bonds. The van der Waals surface area contributed by atoms with Gasteiger partial charge in [-0.2, -0.15) is 0 Å². The number of nitrogens with zero attached hydrogens (tertiary/aromatic N) is 1. The van der Waals surface area contributed by atoms with Crippen LogP contribution in [0.4, 0.5) is 11.4 Å². The van der Waals surface area contributed by atoms with Crippen LogP contribution in [0.5, 0.6) is 0 Å². The number of nitrogens with one attached hydrogen (secondary N) is 1. The molecule has 0 radical (unpaired) electrons. The van der Waals surface area contributed by atoms with Crippen LogP contribution in [-0.4, -0.2) is 24.8 Å². The number of carbonyl (C=O) groups is 2. The molecular weight excluding hydrogens is 288 g/mol. The number of anilines is 2. The van der Waals surface area contributed by atoms with Crippen LogP contribution in [0.25, 0.3) is 0 Å². The molecule has 4 nitrogen and oxygen atoms in total. The molecule has 0 spiro atoms. The van der Waals surface area contributed by atoms with Crippen LogP contribution in [0.15, 0.2) is 48.5 Å². The molecule has 2 heterocycles. The summed E-state index contributed by atoms with van der Waals surface area (Å²) in [5, 5.41) is 3.29. The Hall–Kier alpha value is -2.62. The number of carbonyl (C=O) groups excluding carboxylic acids is 2. The molecular formula is C19H18N2O2. The van der Waals surface area contributed by atoms with Gasteiger partial charge in [0.15, 0.2) is 0 Å². The Labute approximate surface area is 135 Å². The van der Waals surface area contributed by atoms with E-state index in [1.807, 2.05) is 48.5 Å². The van der Waals surface area contributed by atoms with Crippen molar-refractivity contribution in [1.82, 2.24) is 0 Å². The van der Waals surface area contributed by atoms with E-state index in [0.29, 0.717) is 13.0 Å². The molecule has 0 saturated heterocycles. The number of hydrogen-bond acceptors (Lipinski definition) is 3. The Morgan fingerprint density at radius 2 is 1.91 bits per heavy atom. The fraction of sp³-hybridized carbons (Fsp3) is 0.263. The number of amides is 1. The third-order valence-electron chi connectivity index (χ3n) is 4.82. The lowest BCUT2D eigenvalue weighted by Crippen LogP contribution is -2.47. The van der Waals surface area contributed by atoms with Gasteiger partial charge in [0.05, 0.1) is 12.0 Å². The molecule has 1 N–H and O–H groups in total. The van der Waals surface area contributed by atoms with Gasteiger partial charge in [-0.3, -0.25) is 4.79 Å². The fourth-order valence-electron chi connectivity index (χ4n) is 3.65. The van der Waals surface area contributed by atoms with Gasteiger partial charge in [0.25, 0.3) is 0 Å². The summed E-state index contributed by atoms with van der Waals surface area (Å²) < 4.78 is 0. The largest absolute Gasteiger partial charge is 0.384 e. The second-order valence-electron chi connectivity index (χ2n) is 6.10. The Kier molecular flexibility index (Phi) is 3.37. The van der Waals surface area contributed by atoms with Gasteiger partial charge in [0.1, 0.15) is 6.29 Å². The summed E-state index contributed by atoms with van der Waals surface area (Å²) in [7, 11) is 0. The molecule has 2 aliphatic heterocycles. The van der Waals surface area contributed by atoms with Crippen molar-refractivity contribution >= 4 is 23.6 Å². The van der Waals surface area contributed by atoms with Crippen molar-refractivity contribution in [2.75, 3.05) is 16.8 Å². The lowest BCUT2D eigenvalue weighted by Gasteiger charge is -2.35. The van der Waals surface area contributed by atoms with E-state index >= 15 is 0 Å². The van der Waals surface area contributed by atoms with E-state index in [0.717, 1.165) is 35.2 Å². The van der Waals surface area contributed by atoms with Crippen LogP contribution in [0.3, 0.4) is 0 Å². The number of hydrogen-bond donors (Lipinski definition) is 1. The number of aryl methyl sites for hydroxylation is 1. The SMILES string of the molecule is O=CC1CCc2ccccc2N1C(=O)C1CNc2ccccc21. The topological polar surface area (TPSA) is 49.4 Å². The highest BCUT2D eigenvalue weighted by Crippen LogP contribution is 2.37. The zero-order valence-corrected chi connectivity index (χ0v) is 12.7. The van der Waals surface area contributed by atoms with Crippen molar-refractivity contribution in [2.45, 2.75) is 24.8 Å². The lowest BCUT2D eigenvalue weighted by atomic mass is 9.92. The van der Waals surface area contributed by atoms with Crippen LogP contribution in [0, 0.1) is 0 Å². The summed E-state index contributed by atoms with van der Waals surface area (Å²) in [6.07, 6.45) is 2.43. The van der Waals surface area contributed by atoms with Gasteiger partial charge >= 0.3 is 0 Å². The van der Waals surface area contributed by atoms with Gasteiger partial charge in [0.2, 0.25) is 5.91 Å². The highest BCUT2D eigenvalue weighted by Gasteiger charge is 2.37. The molecule has 2 aliphatic rings. The number of para-hydroxylation sites is 2. The fourth-order valence-corrected chi connectivity index (χ4v) is 3.65. The summed E-state index contributed by atoms with van der Waals surface area (Å²) >= 11 is 0. The Morgan fingerprint density at radius 1 is 1.13 bits per heavy atom. The molecule has 23 heavy (non-hydrogen) atoms. The molecule has 0 bridgehead atoms. The average molecular weight is 306 g/mol. The van der Waals surface area contributed by atoms with Crippen molar-refractivity contribution in [2.24, 2.45) is 0 Å². The zero-order valence-electron chi connectivity index (χ0n) is 12.7. The molecule has 4 rings (SSSR count). The van der Waals surface area contributed by atoms with Gasteiger partial charge in [-0.15, -0.1) is 0 Å². The van der Waals surface area contributed by atoms with Gasteiger partial charge in [-0.05, 0) is 36.1 Å². The van der Waals surface area contributed by atoms with E-state index in [2.05, 4.69) is 5.32 Å². The van der Waals surface area contributed by atoms with Crippen molar-refractivity contribution < 1.29 is 9.59 Å². The van der Waals surface area contributed by atoms with Crippen molar-refractivity contribution in [1.29, 1.82) is 0 Å². The van der Waals surface area contributed by atoms with E-state index in [9.17, 15) is 9.59 Å². The monoisotopic (exact) mass is 306 g/mol. The molecule has 2 unspecified atom stereocenters. The number of benzene rings is 2. The first-order chi connectivity index (χ1) is 11.3. The van der Waals surface area contributed by atoms with Gasteiger partial charge in [0, 0.05) is 17.9 Å². The third kappa shape index (κ3) is 2.22. The average Bonchev–Trinajstić information content (AvgIpc) is 3.04. The molecule has 0 aliphatic carbocycles. The van der Waals surface area contributed by atoms with E-state index in [1.54, 1.807) is 4.90 Å². The van der Waals surface area contributed by atoms with Crippen molar-refractivity contribution in [3.8, 4) is 0 Å². The van der Waals surface area contributed by atoms with E-state index in [-0.39, 0.29) is 17.9 Å². The second kappa shape index (κ2) is 5.54. The minimum Gasteiger partial charge on any atom is -0.384 e. The summed E-state index contributed by atoms with van der Waals surface area (Å²) in [6, 6.07) is 15.4. The molecule has 2 atom stereocenters. The molecule has 0 saturated carbocycles. The van der Waals surface area contributed by atoms with Crippen molar-refractivity contribution in [3.63, 3.8) is 0 Å². The number of rotatable bonds is 2. The van der Waals surface area contributed by atoms with Gasteiger partial charge < -0.3 is 15.0 Å². The minimum atomic E-state index is -0.370. The molecule has 4 heteroatoms. The van der Waals surface area contributed by atoms with Gasteiger partial charge in [-0.1, -0.05) is 36.4 Å². The summed E-state index contributed by atoms with van der Waals surface area (Å²) in [5.41, 5.74) is 4.05. The standard InChI is InChI=1S/C19H18N2O2/c22-12-14-10-9-13-5-1-4-8-18(13)21(14)19(23)16-11-20-17-7-3-2-6-15(16)17/h1-8,12,14,16,20H,9-11H2. The Bertz CT molecular complexity index is 771. The number of fused-ring (bicyclic) bond motifs is 2. The van der Waals surface area contributed by atoms with Crippen LogP contribution >= 0.6 is 0 Å². The molecule has 0 fully saturated rings. The van der Waals surface area contributed by atoms with Gasteiger partial charge in [-0.25, -0.2) is 0 Å². The molecule has 2 aromatic rings. The maximum absolute atomic E-state index is 13.2. The summed E-state index contributed by atoms with van der Waals surface area (Å²) in [5.74, 6) is -0.230. The maximum atomic E-state index is 13.2. The van der Waals surface area contributed by atoms with Crippen LogP contribution in [0.2, 0.25) is 0 Å². The molecule has 116 valence electrons. The highest BCUT2D eigenvalue weighted by molar-refractivity contribution is 6.03. The minimum absolute atomic E-state index is 0.00620. The smallest absolute Gasteiger partial charge is 0.237 e.